The first-order chi connectivity index (χ1) is 11.2. The van der Waals surface area contributed by atoms with Gasteiger partial charge in [0.15, 0.2) is 0 Å². The highest BCUT2D eigenvalue weighted by molar-refractivity contribution is 7.09. The lowest BCUT2D eigenvalue weighted by atomic mass is 10.0. The Morgan fingerprint density at radius 3 is 2.96 bits per heavy atom. The molecule has 0 spiro atoms. The number of piperidine rings is 1. The number of amides is 1. The van der Waals surface area contributed by atoms with Gasteiger partial charge >= 0.3 is 0 Å². The highest BCUT2D eigenvalue weighted by atomic mass is 32.1. The summed E-state index contributed by atoms with van der Waals surface area (Å²) < 4.78 is 5.47. The van der Waals surface area contributed by atoms with Crippen molar-refractivity contribution in [1.29, 1.82) is 0 Å². The molecule has 2 aromatic heterocycles. The van der Waals surface area contributed by atoms with E-state index in [1.54, 1.807) is 17.6 Å². The summed E-state index contributed by atoms with van der Waals surface area (Å²) in [5.74, 6) is 1.14. The summed E-state index contributed by atoms with van der Waals surface area (Å²) in [6.45, 7) is 4.95. The molecule has 1 fully saturated rings. The Kier molecular flexibility index (Phi) is 5.51. The van der Waals surface area contributed by atoms with Gasteiger partial charge in [-0.1, -0.05) is 6.07 Å². The molecule has 1 atom stereocenters. The highest BCUT2D eigenvalue weighted by Gasteiger charge is 2.25. The van der Waals surface area contributed by atoms with Crippen molar-refractivity contribution in [2.75, 3.05) is 13.1 Å². The lowest BCUT2D eigenvalue weighted by Gasteiger charge is -2.35. The maximum absolute atomic E-state index is 12.7. The quantitative estimate of drug-likeness (QED) is 0.808. The normalized spacial score (nSPS) is 18.5. The van der Waals surface area contributed by atoms with Crippen molar-refractivity contribution in [2.24, 2.45) is 0 Å². The number of rotatable bonds is 6. The molecule has 5 heteroatoms. The number of carbonyl (C=O) groups excluding carboxylic acids is 1. The molecule has 23 heavy (non-hydrogen) atoms. The van der Waals surface area contributed by atoms with Crippen molar-refractivity contribution < 1.29 is 9.21 Å². The van der Waals surface area contributed by atoms with Crippen LogP contribution in [0.15, 0.2) is 40.3 Å². The van der Waals surface area contributed by atoms with E-state index in [2.05, 4.69) is 29.3 Å². The fourth-order valence-corrected chi connectivity index (χ4v) is 3.91. The second-order valence-electron chi connectivity index (χ2n) is 6.24. The molecule has 124 valence electrons. The third-order valence-electron chi connectivity index (χ3n) is 4.40. The average molecular weight is 332 g/mol. The molecule has 0 radical (unpaired) electrons. The zero-order valence-electron chi connectivity index (χ0n) is 13.6. The molecule has 0 aliphatic carbocycles. The van der Waals surface area contributed by atoms with Crippen LogP contribution < -0.4 is 0 Å². The second kappa shape index (κ2) is 7.79. The summed E-state index contributed by atoms with van der Waals surface area (Å²) in [5, 5.41) is 2.08. The minimum absolute atomic E-state index is 0.236. The molecule has 1 saturated heterocycles. The van der Waals surface area contributed by atoms with Crippen molar-refractivity contribution in [3.63, 3.8) is 0 Å². The van der Waals surface area contributed by atoms with Crippen LogP contribution in [0.3, 0.4) is 0 Å². The van der Waals surface area contributed by atoms with E-state index >= 15 is 0 Å². The summed E-state index contributed by atoms with van der Waals surface area (Å²) in [6.07, 6.45) is 5.16. The number of carbonyl (C=O) groups is 1. The number of thiophene rings is 1. The maximum atomic E-state index is 12.7. The number of likely N-dealkylation sites (tertiary alicyclic amines) is 1. The van der Waals surface area contributed by atoms with Crippen molar-refractivity contribution in [1.82, 2.24) is 9.80 Å². The van der Waals surface area contributed by atoms with Crippen LogP contribution in [0.5, 0.6) is 0 Å². The summed E-state index contributed by atoms with van der Waals surface area (Å²) in [5.41, 5.74) is 0. The van der Waals surface area contributed by atoms with Crippen LogP contribution in [0, 0.1) is 0 Å². The SMILES string of the molecule is CC1CCCCN1C(=O)CN(Cc1ccco1)Cc1cccs1. The van der Waals surface area contributed by atoms with E-state index < -0.39 is 0 Å². The third kappa shape index (κ3) is 4.45. The number of furan rings is 1. The van der Waals surface area contributed by atoms with Crippen LogP contribution >= 0.6 is 11.3 Å². The molecule has 1 aliphatic heterocycles. The molecule has 0 bridgehead atoms. The molecule has 1 amide bonds. The van der Waals surface area contributed by atoms with Crippen molar-refractivity contribution in [3.8, 4) is 0 Å². The van der Waals surface area contributed by atoms with Crippen molar-refractivity contribution in [3.05, 3.63) is 46.5 Å². The molecule has 2 aromatic rings. The topological polar surface area (TPSA) is 36.7 Å². The number of nitrogens with zero attached hydrogens (tertiary/aromatic N) is 2. The van der Waals surface area contributed by atoms with Crippen LogP contribution in [0.2, 0.25) is 0 Å². The molecular formula is C18H24N2O2S. The van der Waals surface area contributed by atoms with Crippen LogP contribution in [0.25, 0.3) is 0 Å². The van der Waals surface area contributed by atoms with Gasteiger partial charge in [-0.15, -0.1) is 11.3 Å². The Balaban J connectivity index is 1.65. The van der Waals surface area contributed by atoms with Gasteiger partial charge in [0, 0.05) is 24.0 Å². The van der Waals surface area contributed by atoms with Gasteiger partial charge in [-0.05, 0) is 49.8 Å². The van der Waals surface area contributed by atoms with Gasteiger partial charge in [0.25, 0.3) is 0 Å². The van der Waals surface area contributed by atoms with Gasteiger partial charge in [0.05, 0.1) is 19.4 Å². The summed E-state index contributed by atoms with van der Waals surface area (Å²) in [6, 6.07) is 8.40. The van der Waals surface area contributed by atoms with Crippen molar-refractivity contribution >= 4 is 17.2 Å². The fraction of sp³-hybridized carbons (Fsp3) is 0.500. The van der Waals surface area contributed by atoms with E-state index in [1.165, 1.54) is 11.3 Å². The van der Waals surface area contributed by atoms with Gasteiger partial charge in [-0.25, -0.2) is 0 Å². The fourth-order valence-electron chi connectivity index (χ4n) is 3.16. The van der Waals surface area contributed by atoms with Gasteiger partial charge in [-0.2, -0.15) is 0 Å². The molecule has 1 aliphatic rings. The Labute approximate surface area is 141 Å². The first-order valence-electron chi connectivity index (χ1n) is 8.29. The summed E-state index contributed by atoms with van der Waals surface area (Å²) in [4.78, 5) is 18.2. The minimum atomic E-state index is 0.236. The largest absolute Gasteiger partial charge is 0.468 e. The minimum Gasteiger partial charge on any atom is -0.468 e. The van der Waals surface area contributed by atoms with E-state index in [-0.39, 0.29) is 5.91 Å². The maximum Gasteiger partial charge on any atom is 0.237 e. The zero-order chi connectivity index (χ0) is 16.1. The summed E-state index contributed by atoms with van der Waals surface area (Å²) >= 11 is 1.73. The van der Waals surface area contributed by atoms with E-state index in [9.17, 15) is 4.79 Å². The molecule has 0 aromatic carbocycles. The van der Waals surface area contributed by atoms with E-state index in [0.29, 0.717) is 19.1 Å². The number of hydrogen-bond donors (Lipinski definition) is 0. The Morgan fingerprint density at radius 2 is 2.26 bits per heavy atom. The molecule has 1 unspecified atom stereocenters. The number of hydrogen-bond acceptors (Lipinski definition) is 4. The molecular weight excluding hydrogens is 308 g/mol. The lowest BCUT2D eigenvalue weighted by molar-refractivity contribution is -0.136. The zero-order valence-corrected chi connectivity index (χ0v) is 14.4. The summed E-state index contributed by atoms with van der Waals surface area (Å²) in [7, 11) is 0. The Morgan fingerprint density at radius 1 is 1.35 bits per heavy atom. The van der Waals surface area contributed by atoms with Crippen LogP contribution in [-0.4, -0.2) is 34.8 Å². The van der Waals surface area contributed by atoms with Crippen molar-refractivity contribution in [2.45, 2.75) is 45.3 Å². The predicted octanol–water partition coefficient (Wildman–Crippen LogP) is 3.74. The van der Waals surface area contributed by atoms with Crippen LogP contribution in [0.1, 0.15) is 36.8 Å². The Bertz CT molecular complexity index is 558. The molecule has 4 nitrogen and oxygen atoms in total. The first kappa shape index (κ1) is 16.3. The second-order valence-corrected chi connectivity index (χ2v) is 7.27. The first-order valence-corrected chi connectivity index (χ1v) is 9.17. The van der Waals surface area contributed by atoms with Crippen LogP contribution in [-0.2, 0) is 17.9 Å². The average Bonchev–Trinajstić information content (AvgIpc) is 3.21. The van der Waals surface area contributed by atoms with Gasteiger partial charge < -0.3 is 9.32 Å². The van der Waals surface area contributed by atoms with Gasteiger partial charge in [0.1, 0.15) is 5.76 Å². The van der Waals surface area contributed by atoms with Gasteiger partial charge in [0.2, 0.25) is 5.91 Å². The molecule has 3 heterocycles. The molecule has 0 N–H and O–H groups in total. The lowest BCUT2D eigenvalue weighted by Crippen LogP contribution is -2.46. The van der Waals surface area contributed by atoms with Crippen LogP contribution in [0.4, 0.5) is 0 Å². The third-order valence-corrected chi connectivity index (χ3v) is 5.26. The monoisotopic (exact) mass is 332 g/mol. The van der Waals surface area contributed by atoms with E-state index in [1.807, 2.05) is 17.0 Å². The van der Waals surface area contributed by atoms with E-state index in [4.69, 9.17) is 4.42 Å². The van der Waals surface area contributed by atoms with E-state index in [0.717, 1.165) is 31.7 Å². The predicted molar refractivity (Wildman–Crippen MR) is 92.2 cm³/mol. The highest BCUT2D eigenvalue weighted by Crippen LogP contribution is 2.19. The molecule has 0 saturated carbocycles. The smallest absolute Gasteiger partial charge is 0.237 e. The molecule has 3 rings (SSSR count). The standard InChI is InChI=1S/C18H24N2O2S/c1-15-6-2-3-9-20(15)18(21)14-19(12-16-7-4-10-22-16)13-17-8-5-11-23-17/h4-5,7-8,10-11,15H,2-3,6,9,12-14H2,1H3. The van der Waals surface area contributed by atoms with Gasteiger partial charge in [-0.3, -0.25) is 9.69 Å². The Hall–Kier alpha value is -1.59.